The number of methoxy groups -OCH3 is 1. The minimum absolute atomic E-state index is 0.00924. The molecule has 182 valence electrons. The highest BCUT2D eigenvalue weighted by Crippen LogP contribution is 2.39. The van der Waals surface area contributed by atoms with Crippen molar-refractivity contribution in [3.05, 3.63) is 58.8 Å². The summed E-state index contributed by atoms with van der Waals surface area (Å²) in [4.78, 5) is 27.6. The molecular formula is C28H36N2O4. The van der Waals surface area contributed by atoms with Crippen LogP contribution >= 0.6 is 0 Å². The van der Waals surface area contributed by atoms with Gasteiger partial charge in [-0.25, -0.2) is 0 Å². The molecule has 6 heteroatoms. The maximum atomic E-state index is 13.7. The Morgan fingerprint density at radius 2 is 1.79 bits per heavy atom. The number of benzene rings is 2. The molecule has 0 saturated carbocycles. The largest absolute Gasteiger partial charge is 0.497 e. The Hall–Kier alpha value is -3.12. The van der Waals surface area contributed by atoms with E-state index in [1.807, 2.05) is 72.3 Å². The number of rotatable bonds is 8. The Morgan fingerprint density at radius 1 is 1.09 bits per heavy atom. The second kappa shape index (κ2) is 10.0. The lowest BCUT2D eigenvalue weighted by Crippen LogP contribution is -2.27. The average Bonchev–Trinajstić information content (AvgIpc) is 3.08. The first-order valence-electron chi connectivity index (χ1n) is 11.6. The lowest BCUT2D eigenvalue weighted by Gasteiger charge is -2.29. The molecule has 1 heterocycles. The van der Waals surface area contributed by atoms with Gasteiger partial charge in [-0.15, -0.1) is 0 Å². The van der Waals surface area contributed by atoms with Crippen molar-refractivity contribution in [3.8, 4) is 11.5 Å². The molecule has 0 amide bonds. The molecule has 2 aromatic carbocycles. The predicted molar refractivity (Wildman–Crippen MR) is 136 cm³/mol. The number of hydrogen-bond acceptors (Lipinski definition) is 5. The fourth-order valence-electron chi connectivity index (χ4n) is 4.74. The van der Waals surface area contributed by atoms with Crippen LogP contribution in [-0.2, 0) is 16.6 Å². The number of carbonyl (C=O) groups excluding carboxylic acids is 2. The summed E-state index contributed by atoms with van der Waals surface area (Å²) in [7, 11) is 5.73. The summed E-state index contributed by atoms with van der Waals surface area (Å²) in [6.45, 7) is 10.3. The molecule has 0 unspecified atom stereocenters. The minimum Gasteiger partial charge on any atom is -0.497 e. The highest BCUT2D eigenvalue weighted by atomic mass is 16.5. The van der Waals surface area contributed by atoms with Crippen LogP contribution in [0.5, 0.6) is 11.5 Å². The number of aryl methyl sites for hydroxylation is 2. The van der Waals surface area contributed by atoms with Gasteiger partial charge >= 0.3 is 5.97 Å². The lowest BCUT2D eigenvalue weighted by molar-refractivity contribution is -0.131. The van der Waals surface area contributed by atoms with Gasteiger partial charge in [-0.2, -0.15) is 0 Å². The van der Waals surface area contributed by atoms with Crippen molar-refractivity contribution in [2.24, 2.45) is 0 Å². The number of nitrogens with zero attached hydrogens (tertiary/aromatic N) is 2. The topological polar surface area (TPSA) is 60.8 Å². The number of aromatic nitrogens is 1. The lowest BCUT2D eigenvalue weighted by atomic mass is 9.78. The Bertz CT molecular complexity index is 1220. The highest BCUT2D eigenvalue weighted by Gasteiger charge is 2.31. The molecule has 0 aliphatic carbocycles. The average molecular weight is 465 g/mol. The van der Waals surface area contributed by atoms with Crippen molar-refractivity contribution >= 4 is 22.8 Å². The van der Waals surface area contributed by atoms with Gasteiger partial charge in [-0.1, -0.05) is 19.9 Å². The Kier molecular flexibility index (Phi) is 7.51. The fourth-order valence-corrected chi connectivity index (χ4v) is 4.74. The first-order chi connectivity index (χ1) is 15.9. The zero-order valence-electron chi connectivity index (χ0n) is 21.6. The summed E-state index contributed by atoms with van der Waals surface area (Å²) in [6.07, 6.45) is 3.04. The molecule has 0 fully saturated rings. The smallest absolute Gasteiger partial charge is 0.308 e. The molecule has 0 radical (unpaired) electrons. The molecule has 0 bridgehead atoms. The van der Waals surface area contributed by atoms with Crippen molar-refractivity contribution in [2.45, 2.75) is 52.9 Å². The van der Waals surface area contributed by atoms with E-state index < -0.39 is 5.41 Å². The van der Waals surface area contributed by atoms with Crippen LogP contribution in [0, 0.1) is 13.8 Å². The van der Waals surface area contributed by atoms with E-state index in [2.05, 4.69) is 11.0 Å². The van der Waals surface area contributed by atoms with Crippen LogP contribution < -0.4 is 9.47 Å². The van der Waals surface area contributed by atoms with Crippen LogP contribution in [0.3, 0.4) is 0 Å². The van der Waals surface area contributed by atoms with Crippen LogP contribution in [0.2, 0.25) is 0 Å². The summed E-state index contributed by atoms with van der Waals surface area (Å²) >= 11 is 0. The van der Waals surface area contributed by atoms with E-state index in [1.165, 1.54) is 6.92 Å². The molecule has 0 spiro atoms. The van der Waals surface area contributed by atoms with E-state index >= 15 is 0 Å². The number of hydrogen-bond donors (Lipinski definition) is 0. The van der Waals surface area contributed by atoms with E-state index in [0.717, 1.165) is 51.9 Å². The van der Waals surface area contributed by atoms with Crippen molar-refractivity contribution in [3.63, 3.8) is 0 Å². The summed E-state index contributed by atoms with van der Waals surface area (Å²) in [6, 6.07) is 9.76. The zero-order chi connectivity index (χ0) is 25.2. The standard InChI is InChI=1S/C28H36N2O4/c1-18-13-19(2)27(25(14-18)34-20(3)31)28(4,5)16-26(32)30-17-21(11-12-29(6)7)23-15-22(33-8)9-10-24(23)30/h9-10,13-15,17H,11-12,16H2,1-8H3. The summed E-state index contributed by atoms with van der Waals surface area (Å²) in [5.74, 6) is 0.913. The molecule has 0 aliphatic rings. The van der Waals surface area contributed by atoms with Crippen LogP contribution in [0.1, 0.15) is 54.2 Å². The third-order valence-electron chi connectivity index (χ3n) is 6.16. The van der Waals surface area contributed by atoms with E-state index in [-0.39, 0.29) is 18.3 Å². The fraction of sp³-hybridized carbons (Fsp3) is 0.429. The molecule has 0 saturated heterocycles. The Labute approximate surface area is 202 Å². The maximum absolute atomic E-state index is 13.7. The summed E-state index contributed by atoms with van der Waals surface area (Å²) < 4.78 is 12.8. The predicted octanol–water partition coefficient (Wildman–Crippen LogP) is 5.30. The molecular weight excluding hydrogens is 428 g/mol. The van der Waals surface area contributed by atoms with Gasteiger partial charge in [0, 0.05) is 42.5 Å². The first kappa shape index (κ1) is 25.5. The quantitative estimate of drug-likeness (QED) is 0.334. The van der Waals surface area contributed by atoms with Gasteiger partial charge in [-0.3, -0.25) is 14.2 Å². The van der Waals surface area contributed by atoms with E-state index in [9.17, 15) is 9.59 Å². The molecule has 1 aromatic heterocycles. The van der Waals surface area contributed by atoms with E-state index in [0.29, 0.717) is 5.75 Å². The number of ether oxygens (including phenoxy) is 2. The molecule has 34 heavy (non-hydrogen) atoms. The second-order valence-electron chi connectivity index (χ2n) is 9.96. The number of fused-ring (bicyclic) bond motifs is 1. The van der Waals surface area contributed by atoms with E-state index in [1.54, 1.807) is 11.7 Å². The number of likely N-dealkylation sites (N-methyl/N-ethyl adjacent to an activating group) is 1. The van der Waals surface area contributed by atoms with Crippen molar-refractivity contribution in [1.29, 1.82) is 0 Å². The monoisotopic (exact) mass is 464 g/mol. The van der Waals surface area contributed by atoms with Gasteiger partial charge in [0.05, 0.1) is 12.6 Å². The molecule has 0 N–H and O–H groups in total. The molecule has 3 rings (SSSR count). The maximum Gasteiger partial charge on any atom is 0.308 e. The summed E-state index contributed by atoms with van der Waals surface area (Å²) in [5, 5.41) is 1.03. The zero-order valence-corrected chi connectivity index (χ0v) is 21.6. The molecule has 0 atom stereocenters. The van der Waals surface area contributed by atoms with Crippen molar-refractivity contribution in [2.75, 3.05) is 27.7 Å². The van der Waals surface area contributed by atoms with Gasteiger partial charge in [0.25, 0.3) is 0 Å². The van der Waals surface area contributed by atoms with E-state index in [4.69, 9.17) is 9.47 Å². The summed E-state index contributed by atoms with van der Waals surface area (Å²) in [5.41, 5.74) is 4.33. The van der Waals surface area contributed by atoms with Gasteiger partial charge in [0.1, 0.15) is 11.5 Å². The van der Waals surface area contributed by atoms with Crippen molar-refractivity contribution in [1.82, 2.24) is 9.47 Å². The van der Waals surface area contributed by atoms with Crippen LogP contribution in [0.4, 0.5) is 0 Å². The van der Waals surface area contributed by atoms with Crippen LogP contribution in [-0.4, -0.2) is 49.1 Å². The Balaban J connectivity index is 2.02. The molecule has 0 aliphatic heterocycles. The normalized spacial score (nSPS) is 11.8. The highest BCUT2D eigenvalue weighted by molar-refractivity contribution is 5.95. The third kappa shape index (κ3) is 5.50. The third-order valence-corrected chi connectivity index (χ3v) is 6.16. The SMILES string of the molecule is COc1ccc2c(c1)c(CCN(C)C)cn2C(=O)CC(C)(C)c1c(C)cc(C)cc1OC(C)=O. The van der Waals surface area contributed by atoms with Crippen molar-refractivity contribution < 1.29 is 19.1 Å². The second-order valence-corrected chi connectivity index (χ2v) is 9.96. The first-order valence-corrected chi connectivity index (χ1v) is 11.6. The Morgan fingerprint density at radius 3 is 2.41 bits per heavy atom. The molecule has 3 aromatic rings. The number of esters is 1. The van der Waals surface area contributed by atoms with Gasteiger partial charge in [0.2, 0.25) is 5.91 Å². The van der Waals surface area contributed by atoms with Gasteiger partial charge in [0.15, 0.2) is 0 Å². The van der Waals surface area contributed by atoms with Gasteiger partial charge < -0.3 is 14.4 Å². The van der Waals surface area contributed by atoms with Crippen LogP contribution in [0.25, 0.3) is 10.9 Å². The van der Waals surface area contributed by atoms with Gasteiger partial charge in [-0.05, 0) is 75.3 Å². The minimum atomic E-state index is -0.549. The number of carbonyl (C=O) groups is 2. The van der Waals surface area contributed by atoms with Crippen LogP contribution in [0.15, 0.2) is 36.5 Å². The molecule has 6 nitrogen and oxygen atoms in total.